The van der Waals surface area contributed by atoms with Gasteiger partial charge in [-0.05, 0) is 55.7 Å². The fourth-order valence-corrected chi connectivity index (χ4v) is 6.72. The molecule has 0 unspecified atom stereocenters. The quantitative estimate of drug-likeness (QED) is 0.141. The standard InChI is InChI=1S/C32H45FOS2/c1-3-5-7-9-10-11-12-13-14-16-24-34-26-18-20-28(29(33)25-26)30-22-23-32(36-30)31-21-19-27(35-31)17-15-8-6-4-2/h18-23,25H,3-17,24H2,1-2H3. The number of hydrogen-bond acceptors (Lipinski definition) is 3. The second kappa shape index (κ2) is 17.0. The van der Waals surface area contributed by atoms with Crippen molar-refractivity contribution in [3.8, 4) is 25.9 Å². The van der Waals surface area contributed by atoms with Crippen molar-refractivity contribution in [1.29, 1.82) is 0 Å². The van der Waals surface area contributed by atoms with E-state index in [1.165, 1.54) is 98.1 Å². The normalized spacial score (nSPS) is 11.3. The minimum Gasteiger partial charge on any atom is -0.493 e. The van der Waals surface area contributed by atoms with Crippen LogP contribution in [0.3, 0.4) is 0 Å². The zero-order valence-electron chi connectivity index (χ0n) is 22.5. The van der Waals surface area contributed by atoms with Gasteiger partial charge in [-0.25, -0.2) is 4.39 Å². The Morgan fingerprint density at radius 3 is 1.89 bits per heavy atom. The topological polar surface area (TPSA) is 9.23 Å². The highest BCUT2D eigenvalue weighted by Crippen LogP contribution is 2.39. The molecule has 0 saturated carbocycles. The molecule has 3 rings (SSSR count). The molecule has 2 heterocycles. The van der Waals surface area contributed by atoms with Gasteiger partial charge in [0.05, 0.1) is 6.61 Å². The summed E-state index contributed by atoms with van der Waals surface area (Å²) in [7, 11) is 0. The summed E-state index contributed by atoms with van der Waals surface area (Å²) in [5.41, 5.74) is 0.661. The summed E-state index contributed by atoms with van der Waals surface area (Å²) >= 11 is 3.55. The number of halogens is 1. The van der Waals surface area contributed by atoms with Gasteiger partial charge in [0.2, 0.25) is 0 Å². The molecule has 0 spiro atoms. The number of rotatable bonds is 19. The average Bonchev–Trinajstić information content (AvgIpc) is 3.55. The van der Waals surface area contributed by atoms with Gasteiger partial charge in [0.25, 0.3) is 0 Å². The zero-order valence-corrected chi connectivity index (χ0v) is 24.1. The highest BCUT2D eigenvalue weighted by Gasteiger charge is 2.12. The Morgan fingerprint density at radius 2 is 1.19 bits per heavy atom. The molecule has 2 aromatic heterocycles. The molecule has 36 heavy (non-hydrogen) atoms. The molecule has 0 aliphatic carbocycles. The van der Waals surface area contributed by atoms with Crippen molar-refractivity contribution >= 4 is 22.7 Å². The van der Waals surface area contributed by atoms with Gasteiger partial charge in [0.15, 0.2) is 0 Å². The van der Waals surface area contributed by atoms with E-state index >= 15 is 0 Å². The highest BCUT2D eigenvalue weighted by molar-refractivity contribution is 7.23. The van der Waals surface area contributed by atoms with Crippen LogP contribution in [-0.4, -0.2) is 6.61 Å². The van der Waals surface area contributed by atoms with E-state index in [1.807, 2.05) is 29.5 Å². The molecule has 0 bridgehead atoms. The number of ether oxygens (including phenoxy) is 1. The monoisotopic (exact) mass is 528 g/mol. The van der Waals surface area contributed by atoms with E-state index in [1.54, 1.807) is 17.4 Å². The van der Waals surface area contributed by atoms with Crippen molar-refractivity contribution in [2.75, 3.05) is 6.61 Å². The van der Waals surface area contributed by atoms with Gasteiger partial charge < -0.3 is 4.74 Å². The van der Waals surface area contributed by atoms with Gasteiger partial charge in [-0.2, -0.15) is 0 Å². The molecule has 0 aliphatic rings. The molecule has 4 heteroatoms. The van der Waals surface area contributed by atoms with E-state index in [9.17, 15) is 4.39 Å². The first-order valence-electron chi connectivity index (χ1n) is 14.3. The second-order valence-corrected chi connectivity index (χ2v) is 12.2. The number of thiophene rings is 2. The first-order chi connectivity index (χ1) is 17.7. The summed E-state index contributed by atoms with van der Waals surface area (Å²) in [6.45, 7) is 5.18. The van der Waals surface area contributed by atoms with Gasteiger partial charge in [-0.3, -0.25) is 0 Å². The summed E-state index contributed by atoms with van der Waals surface area (Å²) in [5, 5.41) is 0. The van der Waals surface area contributed by atoms with Crippen molar-refractivity contribution in [2.45, 2.75) is 110 Å². The molecule has 0 radical (unpaired) electrons. The number of hydrogen-bond donors (Lipinski definition) is 0. The van der Waals surface area contributed by atoms with Crippen LogP contribution < -0.4 is 4.74 Å². The van der Waals surface area contributed by atoms with Crippen molar-refractivity contribution in [1.82, 2.24) is 0 Å². The van der Waals surface area contributed by atoms with Crippen LogP contribution in [0.1, 0.15) is 109 Å². The molecular formula is C32H45FOS2. The maximum Gasteiger partial charge on any atom is 0.135 e. The number of aryl methyl sites for hydroxylation is 1. The van der Waals surface area contributed by atoms with Crippen LogP contribution in [0.4, 0.5) is 4.39 Å². The van der Waals surface area contributed by atoms with Gasteiger partial charge in [0, 0.05) is 31.1 Å². The Balaban J connectivity index is 1.39. The van der Waals surface area contributed by atoms with Gasteiger partial charge >= 0.3 is 0 Å². The average molecular weight is 529 g/mol. The van der Waals surface area contributed by atoms with E-state index in [-0.39, 0.29) is 5.82 Å². The molecule has 0 N–H and O–H groups in total. The summed E-state index contributed by atoms with van der Waals surface area (Å²) in [5.74, 6) is 0.432. The smallest absolute Gasteiger partial charge is 0.135 e. The van der Waals surface area contributed by atoms with Gasteiger partial charge in [0.1, 0.15) is 11.6 Å². The Hall–Kier alpha value is -1.65. The number of unbranched alkanes of at least 4 members (excludes halogenated alkanes) is 12. The lowest BCUT2D eigenvalue weighted by Crippen LogP contribution is -1.98. The summed E-state index contributed by atoms with van der Waals surface area (Å²) in [4.78, 5) is 4.93. The zero-order chi connectivity index (χ0) is 25.4. The van der Waals surface area contributed by atoms with Gasteiger partial charge in [-0.1, -0.05) is 90.9 Å². The van der Waals surface area contributed by atoms with Crippen LogP contribution in [0.15, 0.2) is 42.5 Å². The van der Waals surface area contributed by atoms with Crippen LogP contribution >= 0.6 is 22.7 Å². The lowest BCUT2D eigenvalue weighted by molar-refractivity contribution is 0.303. The molecule has 0 saturated heterocycles. The Kier molecular flexibility index (Phi) is 13.6. The van der Waals surface area contributed by atoms with E-state index in [0.717, 1.165) is 17.7 Å². The third kappa shape index (κ3) is 10.0. The van der Waals surface area contributed by atoms with E-state index in [0.29, 0.717) is 17.9 Å². The third-order valence-corrected chi connectivity index (χ3v) is 9.22. The van der Waals surface area contributed by atoms with Crippen LogP contribution in [0.2, 0.25) is 0 Å². The van der Waals surface area contributed by atoms with Crippen LogP contribution in [0.25, 0.3) is 20.2 Å². The predicted octanol–water partition coefficient (Wildman–Crippen LogP) is 11.7. The molecule has 1 aromatic carbocycles. The fourth-order valence-electron chi connectivity index (χ4n) is 4.55. The maximum atomic E-state index is 14.9. The van der Waals surface area contributed by atoms with Crippen LogP contribution in [-0.2, 0) is 6.42 Å². The molecule has 1 nitrogen and oxygen atoms in total. The van der Waals surface area contributed by atoms with E-state index < -0.39 is 0 Å². The first-order valence-corrected chi connectivity index (χ1v) is 16.0. The molecule has 0 amide bonds. The second-order valence-electron chi connectivity index (χ2n) is 9.91. The van der Waals surface area contributed by atoms with Crippen molar-refractivity contribution in [3.05, 3.63) is 53.2 Å². The van der Waals surface area contributed by atoms with Crippen LogP contribution in [0.5, 0.6) is 5.75 Å². The maximum absolute atomic E-state index is 14.9. The fraction of sp³-hybridized carbons (Fsp3) is 0.562. The largest absolute Gasteiger partial charge is 0.493 e. The lowest BCUT2D eigenvalue weighted by Gasteiger charge is -2.08. The van der Waals surface area contributed by atoms with Crippen molar-refractivity contribution in [2.24, 2.45) is 0 Å². The Labute approximate surface area is 227 Å². The minimum atomic E-state index is -0.202. The van der Waals surface area contributed by atoms with Crippen LogP contribution in [0, 0.1) is 5.82 Å². The Bertz CT molecular complexity index is 990. The third-order valence-electron chi connectivity index (χ3n) is 6.76. The van der Waals surface area contributed by atoms with E-state index in [2.05, 4.69) is 32.0 Å². The first kappa shape index (κ1) is 28.9. The van der Waals surface area contributed by atoms with Crippen molar-refractivity contribution < 1.29 is 9.13 Å². The molecule has 0 atom stereocenters. The number of benzene rings is 1. The molecule has 0 aliphatic heterocycles. The SMILES string of the molecule is CCCCCCCCCCCCOc1ccc(-c2ccc(-c3ccc(CCCCCC)s3)s2)c(F)c1. The molecule has 3 aromatic rings. The summed E-state index contributed by atoms with van der Waals surface area (Å²) in [6, 6.07) is 14.0. The lowest BCUT2D eigenvalue weighted by atomic mass is 10.1. The highest BCUT2D eigenvalue weighted by atomic mass is 32.1. The molecule has 0 fully saturated rings. The molecule has 198 valence electrons. The molecular weight excluding hydrogens is 483 g/mol. The van der Waals surface area contributed by atoms with E-state index in [4.69, 9.17) is 4.74 Å². The van der Waals surface area contributed by atoms with Gasteiger partial charge in [-0.15, -0.1) is 22.7 Å². The minimum absolute atomic E-state index is 0.202. The predicted molar refractivity (Wildman–Crippen MR) is 158 cm³/mol. The summed E-state index contributed by atoms with van der Waals surface area (Å²) < 4.78 is 20.7. The van der Waals surface area contributed by atoms with Crippen molar-refractivity contribution in [3.63, 3.8) is 0 Å². The summed E-state index contributed by atoms with van der Waals surface area (Å²) in [6.07, 6.45) is 19.4. The Morgan fingerprint density at radius 1 is 0.611 bits per heavy atom.